The highest BCUT2D eigenvalue weighted by Gasteiger charge is 2.33. The Balaban J connectivity index is 2.08. The zero-order valence-corrected chi connectivity index (χ0v) is 24.2. The number of rotatable bonds is 10. The van der Waals surface area contributed by atoms with E-state index in [1.54, 1.807) is 63.2 Å². The molecule has 0 saturated heterocycles. The summed E-state index contributed by atoms with van der Waals surface area (Å²) in [7, 11) is -4.19. The van der Waals surface area contributed by atoms with E-state index in [1.165, 1.54) is 29.2 Å². The summed E-state index contributed by atoms with van der Waals surface area (Å²) in [6, 6.07) is 16.5. The maximum Gasteiger partial charge on any atom is 0.264 e. The van der Waals surface area contributed by atoms with Crippen LogP contribution in [0.25, 0.3) is 0 Å². The number of hydrogen-bond acceptors (Lipinski definition) is 4. The first-order valence-electron chi connectivity index (χ1n) is 11.8. The summed E-state index contributed by atoms with van der Waals surface area (Å²) in [4.78, 5) is 27.9. The molecule has 0 aromatic heterocycles. The number of amides is 2. The zero-order chi connectivity index (χ0) is 28.0. The monoisotopic (exact) mass is 595 g/mol. The van der Waals surface area contributed by atoms with Gasteiger partial charge in [-0.1, -0.05) is 59.1 Å². The van der Waals surface area contributed by atoms with Crippen LogP contribution in [0.4, 0.5) is 5.69 Å². The summed E-state index contributed by atoms with van der Waals surface area (Å²) in [5.41, 5.74) is 1.43. The van der Waals surface area contributed by atoms with E-state index in [9.17, 15) is 18.0 Å². The number of nitrogens with zero attached hydrogens (tertiary/aromatic N) is 2. The maximum atomic E-state index is 13.9. The molecule has 7 nitrogen and oxygen atoms in total. The molecule has 0 aliphatic carbocycles. The van der Waals surface area contributed by atoms with Gasteiger partial charge in [-0.25, -0.2) is 8.42 Å². The SMILES string of the molecule is CCNC(=O)[C@@H](C)N(Cc1c(Cl)cccc1Cl)C(=O)CN(c1ccccc1C)S(=O)(=O)c1ccc(Cl)cc1. The van der Waals surface area contributed by atoms with Gasteiger partial charge in [0.05, 0.1) is 10.6 Å². The molecule has 2 amide bonds. The third-order valence-electron chi connectivity index (χ3n) is 5.97. The molecule has 202 valence electrons. The molecular weight excluding hydrogens is 569 g/mol. The van der Waals surface area contributed by atoms with Gasteiger partial charge >= 0.3 is 0 Å². The molecule has 0 aliphatic heterocycles. The van der Waals surface area contributed by atoms with Crippen LogP contribution in [0.3, 0.4) is 0 Å². The molecule has 3 aromatic carbocycles. The van der Waals surface area contributed by atoms with Crippen molar-refractivity contribution in [1.82, 2.24) is 10.2 Å². The molecule has 0 aliphatic rings. The maximum absolute atomic E-state index is 13.9. The van der Waals surface area contributed by atoms with Gasteiger partial charge in [-0.15, -0.1) is 0 Å². The molecular formula is C27H28Cl3N3O4S. The van der Waals surface area contributed by atoms with Crippen molar-refractivity contribution in [1.29, 1.82) is 0 Å². The van der Waals surface area contributed by atoms with Crippen molar-refractivity contribution in [2.75, 3.05) is 17.4 Å². The van der Waals surface area contributed by atoms with Gasteiger partial charge in [0.25, 0.3) is 10.0 Å². The quantitative estimate of drug-likeness (QED) is 0.325. The highest BCUT2D eigenvalue weighted by Crippen LogP contribution is 2.30. The molecule has 0 spiro atoms. The average Bonchev–Trinajstić information content (AvgIpc) is 2.87. The molecule has 0 heterocycles. The van der Waals surface area contributed by atoms with Gasteiger partial charge in [-0.05, 0) is 68.8 Å². The summed E-state index contributed by atoms with van der Waals surface area (Å²) >= 11 is 18.7. The summed E-state index contributed by atoms with van der Waals surface area (Å²) in [6.45, 7) is 4.78. The van der Waals surface area contributed by atoms with E-state index in [-0.39, 0.29) is 11.4 Å². The predicted octanol–water partition coefficient (Wildman–Crippen LogP) is 5.70. The molecule has 0 radical (unpaired) electrons. The molecule has 0 saturated carbocycles. The second-order valence-electron chi connectivity index (χ2n) is 8.54. The van der Waals surface area contributed by atoms with E-state index < -0.39 is 34.4 Å². The lowest BCUT2D eigenvalue weighted by atomic mass is 10.1. The fourth-order valence-corrected chi connectivity index (χ4v) is 5.97. The van der Waals surface area contributed by atoms with Gasteiger partial charge in [0, 0.05) is 33.7 Å². The number of carbonyl (C=O) groups is 2. The first-order chi connectivity index (χ1) is 18.0. The van der Waals surface area contributed by atoms with E-state index in [1.807, 2.05) is 0 Å². The van der Waals surface area contributed by atoms with E-state index in [0.29, 0.717) is 38.4 Å². The Hall–Kier alpha value is -2.78. The van der Waals surface area contributed by atoms with Crippen LogP contribution < -0.4 is 9.62 Å². The number of halogens is 3. The Labute approximate surface area is 238 Å². The molecule has 1 N–H and O–H groups in total. The Morgan fingerprint density at radius 2 is 1.53 bits per heavy atom. The first-order valence-corrected chi connectivity index (χ1v) is 14.4. The van der Waals surface area contributed by atoms with Gasteiger partial charge in [0.2, 0.25) is 11.8 Å². The lowest BCUT2D eigenvalue weighted by Gasteiger charge is -2.32. The number of para-hydroxylation sites is 1. The fourth-order valence-electron chi connectivity index (χ4n) is 3.85. The van der Waals surface area contributed by atoms with Crippen molar-refractivity contribution >= 4 is 62.3 Å². The topological polar surface area (TPSA) is 86.8 Å². The Kier molecular flexibility index (Phi) is 10.1. The highest BCUT2D eigenvalue weighted by atomic mass is 35.5. The van der Waals surface area contributed by atoms with Gasteiger partial charge in [0.15, 0.2) is 0 Å². The molecule has 3 rings (SSSR count). The number of anilines is 1. The van der Waals surface area contributed by atoms with Crippen LogP contribution in [0, 0.1) is 6.92 Å². The number of nitrogens with one attached hydrogen (secondary N) is 1. The van der Waals surface area contributed by atoms with Crippen LogP contribution in [-0.4, -0.2) is 44.3 Å². The summed E-state index contributed by atoms with van der Waals surface area (Å²) < 4.78 is 28.7. The van der Waals surface area contributed by atoms with Crippen molar-refractivity contribution < 1.29 is 18.0 Å². The first kappa shape index (κ1) is 29.8. The third kappa shape index (κ3) is 6.80. The Morgan fingerprint density at radius 1 is 0.921 bits per heavy atom. The largest absolute Gasteiger partial charge is 0.355 e. The minimum absolute atomic E-state index is 0.0320. The lowest BCUT2D eigenvalue weighted by Crippen LogP contribution is -2.51. The van der Waals surface area contributed by atoms with Gasteiger partial charge < -0.3 is 10.2 Å². The van der Waals surface area contributed by atoms with Crippen LogP contribution in [0.2, 0.25) is 15.1 Å². The lowest BCUT2D eigenvalue weighted by molar-refractivity contribution is -0.139. The van der Waals surface area contributed by atoms with Crippen molar-refractivity contribution in [3.05, 3.63) is 92.9 Å². The van der Waals surface area contributed by atoms with E-state index in [2.05, 4.69) is 5.32 Å². The number of likely N-dealkylation sites (N-methyl/N-ethyl adjacent to an activating group) is 1. The standard InChI is InChI=1S/C27H28Cl3N3O4S/c1-4-31-27(35)19(3)32(16-22-23(29)9-7-10-24(22)30)26(34)17-33(25-11-6-5-8-18(25)2)38(36,37)21-14-12-20(28)13-15-21/h5-15,19H,4,16-17H2,1-3H3,(H,31,35)/t19-/m1/s1. The number of carbonyl (C=O) groups excluding carboxylic acids is 2. The average molecular weight is 597 g/mol. The molecule has 38 heavy (non-hydrogen) atoms. The summed E-state index contributed by atoms with van der Waals surface area (Å²) in [5, 5.41) is 3.73. The van der Waals surface area contributed by atoms with Gasteiger partial charge in [0.1, 0.15) is 12.6 Å². The molecule has 0 fully saturated rings. The van der Waals surface area contributed by atoms with Gasteiger partial charge in [-0.2, -0.15) is 0 Å². The predicted molar refractivity (Wildman–Crippen MR) is 152 cm³/mol. The van der Waals surface area contributed by atoms with Gasteiger partial charge in [-0.3, -0.25) is 13.9 Å². The van der Waals surface area contributed by atoms with Crippen molar-refractivity contribution in [2.24, 2.45) is 0 Å². The minimum atomic E-state index is -4.19. The van der Waals surface area contributed by atoms with E-state index in [0.717, 1.165) is 4.31 Å². The molecule has 0 unspecified atom stereocenters. The van der Waals surface area contributed by atoms with Crippen LogP contribution in [0.1, 0.15) is 25.0 Å². The zero-order valence-electron chi connectivity index (χ0n) is 21.1. The van der Waals surface area contributed by atoms with Crippen molar-refractivity contribution in [2.45, 2.75) is 38.3 Å². The molecule has 0 bridgehead atoms. The van der Waals surface area contributed by atoms with Crippen molar-refractivity contribution in [3.63, 3.8) is 0 Å². The summed E-state index contributed by atoms with van der Waals surface area (Å²) in [5.74, 6) is -1.01. The van der Waals surface area contributed by atoms with Crippen LogP contribution in [-0.2, 0) is 26.2 Å². The Bertz CT molecular complexity index is 1400. The Morgan fingerprint density at radius 3 is 2.11 bits per heavy atom. The molecule has 11 heteroatoms. The smallest absolute Gasteiger partial charge is 0.264 e. The third-order valence-corrected chi connectivity index (χ3v) is 8.71. The van der Waals surface area contributed by atoms with Crippen LogP contribution >= 0.6 is 34.8 Å². The number of hydrogen-bond donors (Lipinski definition) is 1. The van der Waals surface area contributed by atoms with Crippen LogP contribution in [0.15, 0.2) is 71.6 Å². The normalized spacial score (nSPS) is 12.1. The second kappa shape index (κ2) is 12.8. The molecule has 1 atom stereocenters. The molecule has 3 aromatic rings. The highest BCUT2D eigenvalue weighted by molar-refractivity contribution is 7.92. The number of sulfonamides is 1. The van der Waals surface area contributed by atoms with Crippen LogP contribution in [0.5, 0.6) is 0 Å². The number of aryl methyl sites for hydroxylation is 1. The second-order valence-corrected chi connectivity index (χ2v) is 11.7. The fraction of sp³-hybridized carbons (Fsp3) is 0.259. The summed E-state index contributed by atoms with van der Waals surface area (Å²) in [6.07, 6.45) is 0. The minimum Gasteiger partial charge on any atom is -0.355 e. The van der Waals surface area contributed by atoms with E-state index >= 15 is 0 Å². The van der Waals surface area contributed by atoms with E-state index in [4.69, 9.17) is 34.8 Å². The number of benzene rings is 3. The van der Waals surface area contributed by atoms with Crippen molar-refractivity contribution in [3.8, 4) is 0 Å².